The molecule has 0 bridgehead atoms. The number of aliphatic hydroxyl groups is 1. The van der Waals surface area contributed by atoms with Crippen molar-refractivity contribution in [2.75, 3.05) is 6.61 Å². The van der Waals surface area contributed by atoms with E-state index in [9.17, 15) is 0 Å². The predicted molar refractivity (Wildman–Crippen MR) is 84.0 cm³/mol. The lowest BCUT2D eigenvalue weighted by molar-refractivity contribution is 0.299. The zero-order valence-electron chi connectivity index (χ0n) is 11.2. The maximum absolute atomic E-state index is 8.87. The van der Waals surface area contributed by atoms with Crippen molar-refractivity contribution in [2.45, 2.75) is 6.42 Å². The highest BCUT2D eigenvalue weighted by molar-refractivity contribution is 9.10. The van der Waals surface area contributed by atoms with Crippen LogP contribution < -0.4 is 10.5 Å². The van der Waals surface area contributed by atoms with E-state index in [0.717, 1.165) is 5.56 Å². The zero-order valence-corrected chi connectivity index (χ0v) is 12.7. The van der Waals surface area contributed by atoms with Crippen molar-refractivity contribution < 1.29 is 15.1 Å². The predicted octanol–water partition coefficient (Wildman–Crippen LogP) is 2.87. The molecule has 5 nitrogen and oxygen atoms in total. The summed E-state index contributed by atoms with van der Waals surface area (Å²) in [7, 11) is 0. The molecular formula is C15H15BrN2O3. The Morgan fingerprint density at radius 2 is 1.81 bits per heavy atom. The first-order valence-electron chi connectivity index (χ1n) is 6.29. The number of rotatable bonds is 5. The van der Waals surface area contributed by atoms with Crippen LogP contribution >= 0.6 is 15.9 Å². The van der Waals surface area contributed by atoms with Crippen LogP contribution in [0.3, 0.4) is 0 Å². The molecule has 110 valence electrons. The van der Waals surface area contributed by atoms with Crippen molar-refractivity contribution in [1.29, 1.82) is 0 Å². The van der Waals surface area contributed by atoms with Crippen LogP contribution in [0.15, 0.2) is 52.1 Å². The Kier molecular flexibility index (Phi) is 5.19. The number of benzene rings is 2. The highest BCUT2D eigenvalue weighted by Gasteiger charge is 2.07. The Hall–Kier alpha value is -2.05. The van der Waals surface area contributed by atoms with Crippen LogP contribution in [-0.4, -0.2) is 22.8 Å². The Bertz CT molecular complexity index is 642. The Morgan fingerprint density at radius 1 is 1.14 bits per heavy atom. The number of hydrogen-bond acceptors (Lipinski definition) is 4. The van der Waals surface area contributed by atoms with Crippen LogP contribution in [-0.2, 0) is 6.42 Å². The molecule has 0 aliphatic carbocycles. The number of hydrogen-bond donors (Lipinski definition) is 3. The van der Waals surface area contributed by atoms with Gasteiger partial charge in [0.1, 0.15) is 11.5 Å². The molecule has 0 saturated heterocycles. The second-order valence-corrected chi connectivity index (χ2v) is 5.20. The second-order valence-electron chi connectivity index (χ2n) is 4.35. The third-order valence-corrected chi connectivity index (χ3v) is 3.54. The van der Waals surface area contributed by atoms with E-state index in [1.807, 2.05) is 24.3 Å². The quantitative estimate of drug-likeness (QED) is 0.335. The molecule has 0 aliphatic rings. The fourth-order valence-corrected chi connectivity index (χ4v) is 2.37. The van der Waals surface area contributed by atoms with Gasteiger partial charge in [0.15, 0.2) is 5.84 Å². The van der Waals surface area contributed by atoms with Crippen molar-refractivity contribution in [3.8, 4) is 11.5 Å². The molecule has 0 aromatic heterocycles. The summed E-state index contributed by atoms with van der Waals surface area (Å²) in [5.41, 5.74) is 7.19. The number of ether oxygens (including phenoxy) is 1. The van der Waals surface area contributed by atoms with Crippen LogP contribution in [0.25, 0.3) is 0 Å². The van der Waals surface area contributed by atoms with E-state index in [1.165, 1.54) is 0 Å². The Morgan fingerprint density at radius 3 is 2.38 bits per heavy atom. The van der Waals surface area contributed by atoms with Crippen LogP contribution in [0.1, 0.15) is 11.1 Å². The summed E-state index contributed by atoms with van der Waals surface area (Å²) in [6.07, 6.45) is 0.625. The van der Waals surface area contributed by atoms with Crippen molar-refractivity contribution in [3.05, 3.63) is 58.1 Å². The average molecular weight is 351 g/mol. The minimum atomic E-state index is 0.0294. The van der Waals surface area contributed by atoms with E-state index in [0.29, 0.717) is 28.0 Å². The van der Waals surface area contributed by atoms with Crippen LogP contribution in [0, 0.1) is 0 Å². The summed E-state index contributed by atoms with van der Waals surface area (Å²) in [6.45, 7) is 0.127. The number of nitrogens with zero attached hydrogens (tertiary/aromatic N) is 1. The molecule has 4 N–H and O–H groups in total. The van der Waals surface area contributed by atoms with Gasteiger partial charge in [-0.1, -0.05) is 17.3 Å². The SMILES string of the molecule is N/C(=N/O)c1ccc(Oc2ccc(CCO)cc2)cc1Br. The van der Waals surface area contributed by atoms with Gasteiger partial charge in [-0.15, -0.1) is 0 Å². The average Bonchev–Trinajstić information content (AvgIpc) is 2.49. The third kappa shape index (κ3) is 3.96. The first-order valence-corrected chi connectivity index (χ1v) is 7.08. The van der Waals surface area contributed by atoms with Crippen molar-refractivity contribution in [1.82, 2.24) is 0 Å². The van der Waals surface area contributed by atoms with E-state index in [2.05, 4.69) is 21.1 Å². The van der Waals surface area contributed by atoms with Gasteiger partial charge in [-0.2, -0.15) is 0 Å². The number of amidine groups is 1. The van der Waals surface area contributed by atoms with Gasteiger partial charge < -0.3 is 20.8 Å². The maximum atomic E-state index is 8.87. The van der Waals surface area contributed by atoms with Crippen LogP contribution in [0.5, 0.6) is 11.5 Å². The number of oxime groups is 1. The lowest BCUT2D eigenvalue weighted by Crippen LogP contribution is -2.13. The highest BCUT2D eigenvalue weighted by atomic mass is 79.9. The summed E-state index contributed by atoms with van der Waals surface area (Å²) < 4.78 is 6.40. The molecular weight excluding hydrogens is 336 g/mol. The fourth-order valence-electron chi connectivity index (χ4n) is 1.81. The first-order chi connectivity index (χ1) is 10.1. The van der Waals surface area contributed by atoms with E-state index in [-0.39, 0.29) is 12.4 Å². The van der Waals surface area contributed by atoms with E-state index in [4.69, 9.17) is 20.8 Å². The zero-order chi connectivity index (χ0) is 15.2. The van der Waals surface area contributed by atoms with Crippen LogP contribution in [0.4, 0.5) is 0 Å². The number of aliphatic hydroxyl groups excluding tert-OH is 1. The molecule has 2 aromatic rings. The minimum Gasteiger partial charge on any atom is -0.457 e. The standard InChI is InChI=1S/C15H15BrN2O3/c16-14-9-12(5-6-13(14)15(17)18-20)21-11-3-1-10(2-4-11)7-8-19/h1-6,9,19-20H,7-8H2,(H2,17,18). The lowest BCUT2D eigenvalue weighted by atomic mass is 10.1. The lowest BCUT2D eigenvalue weighted by Gasteiger charge is -2.09. The summed E-state index contributed by atoms with van der Waals surface area (Å²) in [4.78, 5) is 0. The van der Waals surface area contributed by atoms with Gasteiger partial charge >= 0.3 is 0 Å². The van der Waals surface area contributed by atoms with Gasteiger partial charge in [0.2, 0.25) is 0 Å². The molecule has 0 unspecified atom stereocenters. The van der Waals surface area contributed by atoms with E-state index in [1.54, 1.807) is 18.2 Å². The smallest absolute Gasteiger partial charge is 0.171 e. The molecule has 0 amide bonds. The molecule has 0 radical (unpaired) electrons. The molecule has 0 atom stereocenters. The molecule has 2 aromatic carbocycles. The topological polar surface area (TPSA) is 88.1 Å². The van der Waals surface area contributed by atoms with Crippen molar-refractivity contribution in [3.63, 3.8) is 0 Å². The first kappa shape index (κ1) is 15.3. The summed E-state index contributed by atoms with van der Waals surface area (Å²) in [6, 6.07) is 12.7. The molecule has 2 rings (SSSR count). The molecule has 0 aliphatic heterocycles. The molecule has 21 heavy (non-hydrogen) atoms. The van der Waals surface area contributed by atoms with Gasteiger partial charge in [0.05, 0.1) is 0 Å². The minimum absolute atomic E-state index is 0.0294. The largest absolute Gasteiger partial charge is 0.457 e. The third-order valence-electron chi connectivity index (χ3n) is 2.88. The molecule has 0 fully saturated rings. The monoisotopic (exact) mass is 350 g/mol. The van der Waals surface area contributed by atoms with E-state index < -0.39 is 0 Å². The van der Waals surface area contributed by atoms with Gasteiger partial charge in [-0.05, 0) is 58.2 Å². The number of nitrogens with two attached hydrogens (primary N) is 1. The van der Waals surface area contributed by atoms with Crippen LogP contribution in [0.2, 0.25) is 0 Å². The normalized spacial score (nSPS) is 11.4. The Balaban J connectivity index is 2.14. The Labute approximate surface area is 130 Å². The van der Waals surface area contributed by atoms with Gasteiger partial charge in [0.25, 0.3) is 0 Å². The molecule has 0 spiro atoms. The summed E-state index contributed by atoms with van der Waals surface area (Å²) >= 11 is 3.35. The second kappa shape index (κ2) is 7.10. The van der Waals surface area contributed by atoms with Crippen molar-refractivity contribution >= 4 is 21.8 Å². The fraction of sp³-hybridized carbons (Fsp3) is 0.133. The van der Waals surface area contributed by atoms with Gasteiger partial charge in [0, 0.05) is 16.6 Å². The summed E-state index contributed by atoms with van der Waals surface area (Å²) in [5.74, 6) is 1.35. The maximum Gasteiger partial charge on any atom is 0.171 e. The van der Waals surface area contributed by atoms with Gasteiger partial charge in [-0.3, -0.25) is 0 Å². The van der Waals surface area contributed by atoms with Gasteiger partial charge in [-0.25, -0.2) is 0 Å². The molecule has 0 heterocycles. The van der Waals surface area contributed by atoms with E-state index >= 15 is 0 Å². The van der Waals surface area contributed by atoms with Crippen molar-refractivity contribution in [2.24, 2.45) is 10.9 Å². The molecule has 0 saturated carbocycles. The molecule has 6 heteroatoms. The highest BCUT2D eigenvalue weighted by Crippen LogP contribution is 2.27. The number of halogens is 1. The summed E-state index contributed by atoms with van der Waals surface area (Å²) in [5, 5.41) is 20.5.